The van der Waals surface area contributed by atoms with E-state index in [1.165, 1.54) is 10.9 Å². The number of carboxylic acids is 1. The van der Waals surface area contributed by atoms with Crippen molar-refractivity contribution in [2.45, 2.75) is 27.5 Å². The Labute approximate surface area is 116 Å². The SMILES string of the molecule is O=C(O)Cn1cc([CH2][Sn][CH2]C2(F)CC(F)=C2F)nn1. The van der Waals surface area contributed by atoms with E-state index in [9.17, 15) is 18.0 Å². The van der Waals surface area contributed by atoms with Crippen molar-refractivity contribution in [3.05, 3.63) is 23.5 Å². The maximum atomic E-state index is 13.7. The van der Waals surface area contributed by atoms with Gasteiger partial charge in [-0.05, 0) is 0 Å². The summed E-state index contributed by atoms with van der Waals surface area (Å²) in [6, 6.07) is 0. The molecule has 0 fully saturated rings. The Bertz CT molecular complexity index is 534. The average molecular weight is 380 g/mol. The number of hydrogen-bond acceptors (Lipinski definition) is 3. The van der Waals surface area contributed by atoms with E-state index >= 15 is 0 Å². The van der Waals surface area contributed by atoms with Gasteiger partial charge >= 0.3 is 116 Å². The van der Waals surface area contributed by atoms with Crippen molar-refractivity contribution in [2.75, 3.05) is 0 Å². The molecule has 1 aromatic rings. The van der Waals surface area contributed by atoms with E-state index in [0.717, 1.165) is 0 Å². The number of hydrogen-bond donors (Lipinski definition) is 1. The van der Waals surface area contributed by atoms with Crippen molar-refractivity contribution in [3.8, 4) is 0 Å². The van der Waals surface area contributed by atoms with Crippen LogP contribution in [0, 0.1) is 0 Å². The molecule has 0 bridgehead atoms. The molecule has 2 radical (unpaired) electrons. The molecule has 102 valence electrons. The minimum atomic E-state index is -2.10. The average Bonchev–Trinajstić information content (AvgIpc) is 2.75. The van der Waals surface area contributed by atoms with E-state index < -0.39 is 50.9 Å². The van der Waals surface area contributed by atoms with Crippen LogP contribution in [0.3, 0.4) is 0 Å². The van der Waals surface area contributed by atoms with E-state index in [1.54, 1.807) is 0 Å². The van der Waals surface area contributed by atoms with Crippen LogP contribution in [-0.4, -0.2) is 52.9 Å². The molecular formula is C10H10F3N3O2Sn. The molecule has 0 spiro atoms. The van der Waals surface area contributed by atoms with Crippen LogP contribution in [0.15, 0.2) is 17.9 Å². The minimum absolute atomic E-state index is 0.0431. The summed E-state index contributed by atoms with van der Waals surface area (Å²) in [5, 5.41) is 15.9. The van der Waals surface area contributed by atoms with Crippen LogP contribution in [-0.2, 0) is 15.8 Å². The maximum absolute atomic E-state index is 13.7. The molecule has 0 amide bonds. The summed E-state index contributed by atoms with van der Waals surface area (Å²) in [4.78, 5) is 10.4. The fourth-order valence-corrected chi connectivity index (χ4v) is 5.18. The van der Waals surface area contributed by atoms with Crippen LogP contribution >= 0.6 is 0 Å². The summed E-state index contributed by atoms with van der Waals surface area (Å²) in [5.41, 5.74) is -1.53. The fraction of sp³-hybridized carbons (Fsp3) is 0.500. The van der Waals surface area contributed by atoms with E-state index in [2.05, 4.69) is 10.3 Å². The standard InChI is InChI=1S/C5H4F3.C5H6N3O2.Sn/c1-5(8)2-3(6)4(5)7;1-4-2-8(7-6-4)3-5(9)10;/h1-2H2;2H,1,3H2,(H,9,10);. The quantitative estimate of drug-likeness (QED) is 0.755. The summed E-state index contributed by atoms with van der Waals surface area (Å²) in [7, 11) is 0. The number of carboxylic acid groups (broad SMARTS) is 1. The zero-order valence-electron chi connectivity index (χ0n) is 9.74. The first-order valence-electron chi connectivity index (χ1n) is 5.46. The summed E-state index contributed by atoms with van der Waals surface area (Å²) >= 11 is -1.28. The van der Waals surface area contributed by atoms with Crippen molar-refractivity contribution in [1.82, 2.24) is 15.0 Å². The van der Waals surface area contributed by atoms with Crippen LogP contribution in [0.25, 0.3) is 0 Å². The van der Waals surface area contributed by atoms with Gasteiger partial charge in [0, 0.05) is 0 Å². The number of carbonyl (C=O) groups is 1. The molecule has 1 heterocycles. The van der Waals surface area contributed by atoms with Crippen LogP contribution in [0.4, 0.5) is 13.2 Å². The Morgan fingerprint density at radius 1 is 1.58 bits per heavy atom. The molecule has 0 saturated carbocycles. The third-order valence-corrected chi connectivity index (χ3v) is 6.72. The number of nitrogens with zero attached hydrogens (tertiary/aromatic N) is 3. The molecule has 0 aliphatic heterocycles. The summed E-state index contributed by atoms with van der Waals surface area (Å²) < 4.78 is 40.8. The number of aliphatic carboxylic acids is 1. The fourth-order valence-electron chi connectivity index (χ4n) is 1.70. The van der Waals surface area contributed by atoms with E-state index in [0.29, 0.717) is 10.1 Å². The van der Waals surface area contributed by atoms with Gasteiger partial charge < -0.3 is 0 Å². The molecule has 5 nitrogen and oxygen atoms in total. The van der Waals surface area contributed by atoms with Crippen LogP contribution in [0.1, 0.15) is 12.1 Å². The molecule has 1 atom stereocenters. The molecule has 0 saturated heterocycles. The van der Waals surface area contributed by atoms with Crippen LogP contribution in [0.2, 0.25) is 4.44 Å². The third kappa shape index (κ3) is 3.28. The Morgan fingerprint density at radius 3 is 2.89 bits per heavy atom. The Balaban J connectivity index is 1.80. The summed E-state index contributed by atoms with van der Waals surface area (Å²) in [6.45, 7) is -0.284. The van der Waals surface area contributed by atoms with Gasteiger partial charge in [0.1, 0.15) is 0 Å². The van der Waals surface area contributed by atoms with Gasteiger partial charge in [-0.15, -0.1) is 0 Å². The first kappa shape index (κ1) is 14.3. The number of aromatic nitrogens is 3. The van der Waals surface area contributed by atoms with Crippen molar-refractivity contribution < 1.29 is 23.1 Å². The molecule has 0 aromatic carbocycles. The van der Waals surface area contributed by atoms with E-state index in [1.807, 2.05) is 0 Å². The van der Waals surface area contributed by atoms with Gasteiger partial charge in [-0.25, -0.2) is 0 Å². The van der Waals surface area contributed by atoms with Crippen molar-refractivity contribution in [3.63, 3.8) is 0 Å². The van der Waals surface area contributed by atoms with Crippen molar-refractivity contribution in [1.29, 1.82) is 0 Å². The van der Waals surface area contributed by atoms with Gasteiger partial charge in [-0.1, -0.05) is 0 Å². The molecule has 1 aliphatic carbocycles. The van der Waals surface area contributed by atoms with E-state index in [4.69, 9.17) is 5.11 Å². The normalized spacial score (nSPS) is 22.5. The molecule has 19 heavy (non-hydrogen) atoms. The Hall–Kier alpha value is -1.06. The Morgan fingerprint density at radius 2 is 2.32 bits per heavy atom. The zero-order chi connectivity index (χ0) is 14.0. The molecular weight excluding hydrogens is 370 g/mol. The predicted octanol–water partition coefficient (Wildman–Crippen LogP) is 1.25. The summed E-state index contributed by atoms with van der Waals surface area (Å²) in [5.74, 6) is -3.28. The second kappa shape index (κ2) is 5.51. The first-order chi connectivity index (χ1) is 8.90. The molecule has 1 N–H and O–H groups in total. The monoisotopic (exact) mass is 381 g/mol. The second-order valence-electron chi connectivity index (χ2n) is 4.27. The number of halogens is 3. The van der Waals surface area contributed by atoms with Gasteiger partial charge in [0.25, 0.3) is 0 Å². The first-order valence-corrected chi connectivity index (χ1v) is 9.49. The van der Waals surface area contributed by atoms with Crippen molar-refractivity contribution >= 4 is 27.1 Å². The van der Waals surface area contributed by atoms with Crippen LogP contribution < -0.4 is 0 Å². The molecule has 2 rings (SSSR count). The molecule has 1 aliphatic rings. The van der Waals surface area contributed by atoms with Gasteiger partial charge in [0.15, 0.2) is 0 Å². The second-order valence-corrected chi connectivity index (χ2v) is 7.71. The predicted molar refractivity (Wildman–Crippen MR) is 59.6 cm³/mol. The zero-order valence-corrected chi connectivity index (χ0v) is 12.6. The third-order valence-electron chi connectivity index (χ3n) is 2.66. The molecule has 9 heteroatoms. The molecule has 1 aromatic heterocycles. The topological polar surface area (TPSA) is 68.0 Å². The number of alkyl halides is 1. The Kier molecular flexibility index (Phi) is 4.16. The van der Waals surface area contributed by atoms with Gasteiger partial charge in [0.2, 0.25) is 0 Å². The van der Waals surface area contributed by atoms with Crippen molar-refractivity contribution in [2.24, 2.45) is 0 Å². The van der Waals surface area contributed by atoms with Gasteiger partial charge in [-0.3, -0.25) is 0 Å². The van der Waals surface area contributed by atoms with Crippen LogP contribution in [0.5, 0.6) is 0 Å². The van der Waals surface area contributed by atoms with Gasteiger partial charge in [0.05, 0.1) is 0 Å². The molecule has 1 unspecified atom stereocenters. The summed E-state index contributed by atoms with van der Waals surface area (Å²) in [6.07, 6.45) is 1.01. The number of allylic oxidation sites excluding steroid dienone is 2. The van der Waals surface area contributed by atoms with E-state index in [-0.39, 0.29) is 11.0 Å². The number of rotatable bonds is 6. The van der Waals surface area contributed by atoms with Gasteiger partial charge in [-0.2, -0.15) is 0 Å².